The Morgan fingerprint density at radius 1 is 0.333 bits per heavy atom. The molecule has 4 heteroatoms. The van der Waals surface area contributed by atoms with E-state index in [1.54, 1.807) is 0 Å². The van der Waals surface area contributed by atoms with Gasteiger partial charge in [-0.1, -0.05) is 252 Å². The summed E-state index contributed by atoms with van der Waals surface area (Å²) in [6.45, 7) is 11.2. The topological polar surface area (TPSA) is 44.8 Å². The van der Waals surface area contributed by atoms with Crippen molar-refractivity contribution in [3.63, 3.8) is 0 Å². The summed E-state index contributed by atoms with van der Waals surface area (Å²) in [5.41, 5.74) is -0.708. The molecule has 0 saturated heterocycles. The predicted molar refractivity (Wildman–Crippen MR) is 238 cm³/mol. The minimum absolute atomic E-state index is 0.0882. The molecule has 0 aliphatic heterocycles. The van der Waals surface area contributed by atoms with Gasteiger partial charge in [0.15, 0.2) is 5.60 Å². The first-order chi connectivity index (χ1) is 26.6. The molecular formula is C50H100O4. The summed E-state index contributed by atoms with van der Waals surface area (Å²) < 4.78 is 18.4. The van der Waals surface area contributed by atoms with Crippen molar-refractivity contribution in [3.8, 4) is 0 Å². The standard InChI is InChI=1S/C50H100O4/c1-5-8-11-14-17-20-23-26-29-32-35-38-41-44-49(51)54-50(4,47-52-45-42-39-36-33-30-27-24-21-18-15-12-9-6-2)48-53-46-43-40-37-34-31-28-25-22-19-16-13-10-7-3/h5-48H2,1-4H3. The van der Waals surface area contributed by atoms with Gasteiger partial charge in [0.1, 0.15) is 0 Å². The second-order valence-corrected chi connectivity index (χ2v) is 17.5. The summed E-state index contributed by atoms with van der Waals surface area (Å²) in [6, 6.07) is 0. The molecule has 0 N–H and O–H groups in total. The molecule has 0 atom stereocenters. The van der Waals surface area contributed by atoms with E-state index in [2.05, 4.69) is 20.8 Å². The average molecular weight is 765 g/mol. The molecule has 0 unspecified atom stereocenters. The first-order valence-electron chi connectivity index (χ1n) is 24.9. The Morgan fingerprint density at radius 3 is 0.815 bits per heavy atom. The van der Waals surface area contributed by atoms with Gasteiger partial charge >= 0.3 is 5.97 Å². The monoisotopic (exact) mass is 765 g/mol. The molecule has 0 radical (unpaired) electrons. The largest absolute Gasteiger partial charge is 0.454 e. The van der Waals surface area contributed by atoms with Gasteiger partial charge in [0.2, 0.25) is 0 Å². The minimum Gasteiger partial charge on any atom is -0.454 e. The Kier molecular flexibility index (Phi) is 44.6. The third-order valence-corrected chi connectivity index (χ3v) is 11.4. The van der Waals surface area contributed by atoms with E-state index in [-0.39, 0.29) is 5.97 Å². The van der Waals surface area contributed by atoms with Crippen LogP contribution >= 0.6 is 0 Å². The van der Waals surface area contributed by atoms with Crippen LogP contribution < -0.4 is 0 Å². The molecule has 0 amide bonds. The van der Waals surface area contributed by atoms with Gasteiger partial charge in [-0.25, -0.2) is 0 Å². The van der Waals surface area contributed by atoms with Crippen molar-refractivity contribution >= 4 is 5.97 Å². The summed E-state index contributed by atoms with van der Waals surface area (Å²) >= 11 is 0. The van der Waals surface area contributed by atoms with Crippen molar-refractivity contribution in [2.45, 2.75) is 290 Å². The summed E-state index contributed by atoms with van der Waals surface area (Å²) in [7, 11) is 0. The number of carbonyl (C=O) groups excluding carboxylic acids is 1. The Balaban J connectivity index is 4.21. The van der Waals surface area contributed by atoms with Gasteiger partial charge in [-0.05, 0) is 26.2 Å². The summed E-state index contributed by atoms with van der Waals surface area (Å²) in [5.74, 6) is -0.0882. The molecule has 0 aliphatic carbocycles. The number of unbranched alkanes of at least 4 members (excludes halogenated alkanes) is 36. The highest BCUT2D eigenvalue weighted by atomic mass is 16.6. The van der Waals surface area contributed by atoms with Gasteiger partial charge in [-0.2, -0.15) is 0 Å². The van der Waals surface area contributed by atoms with Crippen molar-refractivity contribution in [2.75, 3.05) is 26.4 Å². The van der Waals surface area contributed by atoms with E-state index >= 15 is 0 Å². The summed E-state index contributed by atoms with van der Waals surface area (Å²) in [6.07, 6.45) is 52.7. The SMILES string of the molecule is CCCCCCCCCCCCCCCOCC(C)(COCCCCCCCCCCCCCCC)OC(=O)CCCCCCCCCCCCCCC. The summed E-state index contributed by atoms with van der Waals surface area (Å²) in [4.78, 5) is 12.9. The molecule has 0 fully saturated rings. The lowest BCUT2D eigenvalue weighted by molar-refractivity contribution is -0.173. The maximum absolute atomic E-state index is 12.9. The molecular weight excluding hydrogens is 665 g/mol. The predicted octanol–water partition coefficient (Wildman–Crippen LogP) is 17.0. The third kappa shape index (κ3) is 42.5. The second kappa shape index (κ2) is 45.1. The quantitative estimate of drug-likeness (QED) is 0.0457. The van der Waals surface area contributed by atoms with Gasteiger partial charge in [-0.3, -0.25) is 4.79 Å². The molecule has 0 saturated carbocycles. The maximum atomic E-state index is 12.9. The van der Waals surface area contributed by atoms with Crippen LogP contribution in [0.3, 0.4) is 0 Å². The highest BCUT2D eigenvalue weighted by Gasteiger charge is 2.30. The van der Waals surface area contributed by atoms with E-state index in [0.29, 0.717) is 19.6 Å². The fourth-order valence-corrected chi connectivity index (χ4v) is 7.73. The van der Waals surface area contributed by atoms with E-state index < -0.39 is 5.60 Å². The lowest BCUT2D eigenvalue weighted by Gasteiger charge is -2.29. The Labute approximate surface area is 340 Å². The van der Waals surface area contributed by atoms with Crippen LogP contribution in [0.4, 0.5) is 0 Å². The van der Waals surface area contributed by atoms with E-state index in [9.17, 15) is 4.79 Å². The van der Waals surface area contributed by atoms with Crippen molar-refractivity contribution in [3.05, 3.63) is 0 Å². The fourth-order valence-electron chi connectivity index (χ4n) is 7.73. The number of ether oxygens (including phenoxy) is 3. The molecule has 0 spiro atoms. The van der Waals surface area contributed by atoms with E-state index in [0.717, 1.165) is 38.9 Å². The van der Waals surface area contributed by atoms with E-state index in [4.69, 9.17) is 14.2 Å². The van der Waals surface area contributed by atoms with Crippen LogP contribution in [0.1, 0.15) is 285 Å². The van der Waals surface area contributed by atoms with Crippen LogP contribution in [0, 0.1) is 0 Å². The van der Waals surface area contributed by atoms with Gasteiger partial charge < -0.3 is 14.2 Å². The normalized spacial score (nSPS) is 11.9. The van der Waals surface area contributed by atoms with Gasteiger partial charge in [-0.15, -0.1) is 0 Å². The van der Waals surface area contributed by atoms with Crippen LogP contribution in [-0.4, -0.2) is 38.0 Å². The molecule has 0 aromatic carbocycles. The molecule has 0 heterocycles. The van der Waals surface area contributed by atoms with Crippen molar-refractivity contribution in [1.29, 1.82) is 0 Å². The average Bonchev–Trinajstić information content (AvgIpc) is 3.16. The van der Waals surface area contributed by atoms with Crippen LogP contribution in [0.2, 0.25) is 0 Å². The third-order valence-electron chi connectivity index (χ3n) is 11.4. The smallest absolute Gasteiger partial charge is 0.306 e. The molecule has 54 heavy (non-hydrogen) atoms. The Hall–Kier alpha value is -0.610. The molecule has 4 nitrogen and oxygen atoms in total. The Morgan fingerprint density at radius 2 is 0.556 bits per heavy atom. The lowest BCUT2D eigenvalue weighted by Crippen LogP contribution is -2.41. The Bertz CT molecular complexity index is 675. The van der Waals surface area contributed by atoms with Crippen LogP contribution in [0.15, 0.2) is 0 Å². The minimum atomic E-state index is -0.708. The van der Waals surface area contributed by atoms with Crippen molar-refractivity contribution < 1.29 is 19.0 Å². The van der Waals surface area contributed by atoms with Gasteiger partial charge in [0, 0.05) is 19.6 Å². The highest BCUT2D eigenvalue weighted by molar-refractivity contribution is 5.69. The first kappa shape index (κ1) is 53.4. The van der Waals surface area contributed by atoms with Crippen LogP contribution in [0.25, 0.3) is 0 Å². The molecule has 0 aromatic heterocycles. The first-order valence-corrected chi connectivity index (χ1v) is 24.9. The zero-order valence-electron chi connectivity index (χ0n) is 37.7. The van der Waals surface area contributed by atoms with Crippen molar-refractivity contribution in [1.82, 2.24) is 0 Å². The number of carbonyl (C=O) groups is 1. The molecule has 0 bridgehead atoms. The van der Waals surface area contributed by atoms with Crippen molar-refractivity contribution in [2.24, 2.45) is 0 Å². The van der Waals surface area contributed by atoms with E-state index in [1.807, 2.05) is 6.92 Å². The number of rotatable bonds is 47. The zero-order chi connectivity index (χ0) is 39.3. The van der Waals surface area contributed by atoms with Gasteiger partial charge in [0.05, 0.1) is 13.2 Å². The maximum Gasteiger partial charge on any atom is 0.306 e. The van der Waals surface area contributed by atoms with Gasteiger partial charge in [0.25, 0.3) is 0 Å². The number of hydrogen-bond acceptors (Lipinski definition) is 4. The lowest BCUT2D eigenvalue weighted by atomic mass is 10.0. The molecule has 324 valence electrons. The molecule has 0 rings (SSSR count). The molecule has 0 aliphatic rings. The zero-order valence-corrected chi connectivity index (χ0v) is 37.7. The van der Waals surface area contributed by atoms with Crippen LogP contribution in [-0.2, 0) is 19.0 Å². The molecule has 0 aromatic rings. The van der Waals surface area contributed by atoms with Crippen LogP contribution in [0.5, 0.6) is 0 Å². The van der Waals surface area contributed by atoms with E-state index in [1.165, 1.54) is 225 Å². The number of hydrogen-bond donors (Lipinski definition) is 0. The fraction of sp³-hybridized carbons (Fsp3) is 0.980. The highest BCUT2D eigenvalue weighted by Crippen LogP contribution is 2.19. The second-order valence-electron chi connectivity index (χ2n) is 17.5. The number of esters is 1. The summed E-state index contributed by atoms with van der Waals surface area (Å²) in [5, 5.41) is 0.